The predicted octanol–water partition coefficient (Wildman–Crippen LogP) is 2.20. The molecule has 0 bridgehead atoms. The molecule has 1 atom stereocenters. The van der Waals surface area contributed by atoms with Crippen molar-refractivity contribution in [3.05, 3.63) is 0 Å². The van der Waals surface area contributed by atoms with Gasteiger partial charge in [-0.25, -0.2) is 0 Å². The summed E-state index contributed by atoms with van der Waals surface area (Å²) in [5.74, 6) is 0. The maximum atomic E-state index is 9.05. The Kier molecular flexibility index (Phi) is 5.79. The van der Waals surface area contributed by atoms with E-state index in [1.807, 2.05) is 6.92 Å². The number of hydrogen-bond acceptors (Lipinski definition) is 1. The van der Waals surface area contributed by atoms with Crippen LogP contribution in [0.4, 0.5) is 0 Å². The fourth-order valence-corrected chi connectivity index (χ4v) is 1.50. The van der Waals surface area contributed by atoms with Crippen molar-refractivity contribution in [1.82, 2.24) is 0 Å². The van der Waals surface area contributed by atoms with E-state index in [9.17, 15) is 0 Å². The lowest BCUT2D eigenvalue weighted by Gasteiger charge is -2.03. The van der Waals surface area contributed by atoms with Gasteiger partial charge in [-0.3, -0.25) is 0 Å². The summed E-state index contributed by atoms with van der Waals surface area (Å²) in [6.45, 7) is 4.19. The number of rotatable bonds is 4. The maximum absolute atomic E-state index is 9.05. The molecule has 0 radical (unpaired) electrons. The molecule has 0 aliphatic rings. The van der Waals surface area contributed by atoms with Crippen molar-refractivity contribution in [2.75, 3.05) is 12.3 Å². The van der Waals surface area contributed by atoms with Gasteiger partial charge >= 0.3 is 0 Å². The zero-order chi connectivity index (χ0) is 6.41. The first-order valence-corrected chi connectivity index (χ1v) is 4.91. The zero-order valence-corrected chi connectivity index (χ0v) is 6.62. The molecular formula is C6H15OP. The van der Waals surface area contributed by atoms with Crippen LogP contribution in [0.1, 0.15) is 26.7 Å². The summed E-state index contributed by atoms with van der Waals surface area (Å²) in [5, 5.41) is 0. The first kappa shape index (κ1) is 8.39. The van der Waals surface area contributed by atoms with Crippen molar-refractivity contribution < 1.29 is 4.89 Å². The van der Waals surface area contributed by atoms with Crippen LogP contribution in [0.5, 0.6) is 0 Å². The molecule has 0 aromatic carbocycles. The molecule has 0 amide bonds. The topological polar surface area (TPSA) is 20.2 Å². The molecular weight excluding hydrogens is 119 g/mol. The summed E-state index contributed by atoms with van der Waals surface area (Å²) in [7, 11) is -0.584. The Morgan fingerprint density at radius 3 is 2.38 bits per heavy atom. The molecule has 0 aromatic heterocycles. The molecule has 2 heteroatoms. The molecule has 0 heterocycles. The van der Waals surface area contributed by atoms with Gasteiger partial charge in [-0.15, -0.1) is 0 Å². The average molecular weight is 134 g/mol. The van der Waals surface area contributed by atoms with Crippen molar-refractivity contribution in [3.63, 3.8) is 0 Å². The summed E-state index contributed by atoms with van der Waals surface area (Å²) in [6, 6.07) is 0. The van der Waals surface area contributed by atoms with E-state index in [4.69, 9.17) is 4.89 Å². The van der Waals surface area contributed by atoms with Crippen LogP contribution in [0.25, 0.3) is 0 Å². The van der Waals surface area contributed by atoms with Crippen LogP contribution in [-0.4, -0.2) is 17.2 Å². The van der Waals surface area contributed by atoms with Crippen molar-refractivity contribution >= 4 is 8.15 Å². The van der Waals surface area contributed by atoms with Gasteiger partial charge in [0.2, 0.25) is 0 Å². The van der Waals surface area contributed by atoms with Crippen LogP contribution < -0.4 is 0 Å². The molecule has 1 nitrogen and oxygen atoms in total. The molecule has 0 saturated carbocycles. The smallest absolute Gasteiger partial charge is 0.0248 e. The van der Waals surface area contributed by atoms with Gasteiger partial charge in [0.1, 0.15) is 0 Å². The third kappa shape index (κ3) is 4.55. The molecule has 0 aromatic rings. The normalized spacial score (nSPS) is 13.9. The summed E-state index contributed by atoms with van der Waals surface area (Å²) >= 11 is 0. The molecule has 0 fully saturated rings. The van der Waals surface area contributed by atoms with Crippen LogP contribution in [0, 0.1) is 0 Å². The lowest BCUT2D eigenvalue weighted by atomic mass is 10.4. The molecule has 50 valence electrons. The second-order valence-electron chi connectivity index (χ2n) is 1.90. The summed E-state index contributed by atoms with van der Waals surface area (Å²) in [5.41, 5.74) is 0. The monoisotopic (exact) mass is 134 g/mol. The predicted molar refractivity (Wildman–Crippen MR) is 39.5 cm³/mol. The Hall–Kier alpha value is 0.390. The molecule has 0 aliphatic carbocycles. The Labute approximate surface area is 52.9 Å². The van der Waals surface area contributed by atoms with Gasteiger partial charge in [0.05, 0.1) is 0 Å². The highest BCUT2D eigenvalue weighted by Gasteiger charge is 1.96. The second kappa shape index (κ2) is 5.53. The van der Waals surface area contributed by atoms with Crippen LogP contribution >= 0.6 is 8.15 Å². The quantitative estimate of drug-likeness (QED) is 0.584. The highest BCUT2D eigenvalue weighted by Crippen LogP contribution is 2.29. The minimum absolute atomic E-state index is 0.584. The Bertz CT molecular complexity index is 47.8. The van der Waals surface area contributed by atoms with E-state index in [2.05, 4.69) is 6.92 Å². The third-order valence-electron chi connectivity index (χ3n) is 1.13. The van der Waals surface area contributed by atoms with Crippen molar-refractivity contribution in [1.29, 1.82) is 0 Å². The lowest BCUT2D eigenvalue weighted by molar-refractivity contribution is 0.619. The Morgan fingerprint density at radius 2 is 2.00 bits per heavy atom. The van der Waals surface area contributed by atoms with Crippen molar-refractivity contribution in [2.24, 2.45) is 0 Å². The van der Waals surface area contributed by atoms with Gasteiger partial charge in [-0.05, 0) is 18.7 Å². The van der Waals surface area contributed by atoms with Gasteiger partial charge in [-0.2, -0.15) is 0 Å². The maximum Gasteiger partial charge on any atom is 0.0248 e. The molecule has 0 rings (SSSR count). The number of unbranched alkanes of at least 4 members (excludes halogenated alkanes) is 1. The van der Waals surface area contributed by atoms with Gasteiger partial charge < -0.3 is 4.89 Å². The van der Waals surface area contributed by atoms with Crippen molar-refractivity contribution in [3.8, 4) is 0 Å². The van der Waals surface area contributed by atoms with E-state index in [0.29, 0.717) is 0 Å². The SMILES string of the molecule is CCCCP(O)CC. The third-order valence-corrected chi connectivity index (χ3v) is 2.70. The minimum atomic E-state index is -0.584. The largest absolute Gasteiger partial charge is 0.374 e. The van der Waals surface area contributed by atoms with Crippen LogP contribution in [0.2, 0.25) is 0 Å². The van der Waals surface area contributed by atoms with E-state index >= 15 is 0 Å². The van der Waals surface area contributed by atoms with E-state index in [1.165, 1.54) is 12.8 Å². The van der Waals surface area contributed by atoms with Crippen LogP contribution in [0.3, 0.4) is 0 Å². The highest BCUT2D eigenvalue weighted by molar-refractivity contribution is 7.51. The highest BCUT2D eigenvalue weighted by atomic mass is 31.1. The van der Waals surface area contributed by atoms with E-state index in [1.54, 1.807) is 0 Å². The zero-order valence-electron chi connectivity index (χ0n) is 5.72. The molecule has 1 N–H and O–H groups in total. The molecule has 8 heavy (non-hydrogen) atoms. The molecule has 0 spiro atoms. The molecule has 1 unspecified atom stereocenters. The van der Waals surface area contributed by atoms with Crippen LogP contribution in [0.15, 0.2) is 0 Å². The average Bonchev–Trinajstić information content (AvgIpc) is 1.83. The molecule has 0 saturated heterocycles. The minimum Gasteiger partial charge on any atom is -0.374 e. The van der Waals surface area contributed by atoms with Gasteiger partial charge in [0.15, 0.2) is 0 Å². The Morgan fingerprint density at radius 1 is 1.38 bits per heavy atom. The molecule has 0 aliphatic heterocycles. The fraction of sp³-hybridized carbons (Fsp3) is 1.00. The number of hydrogen-bond donors (Lipinski definition) is 1. The van der Waals surface area contributed by atoms with E-state index < -0.39 is 8.15 Å². The first-order chi connectivity index (χ1) is 3.81. The van der Waals surface area contributed by atoms with Gasteiger partial charge in [-0.1, -0.05) is 20.3 Å². The van der Waals surface area contributed by atoms with E-state index in [-0.39, 0.29) is 0 Å². The standard InChI is InChI=1S/C6H15OP/c1-3-5-6-8(7)4-2/h7H,3-6H2,1-2H3. The van der Waals surface area contributed by atoms with Gasteiger partial charge in [0.25, 0.3) is 0 Å². The Balaban J connectivity index is 2.86. The lowest BCUT2D eigenvalue weighted by Crippen LogP contribution is -1.83. The van der Waals surface area contributed by atoms with E-state index in [0.717, 1.165) is 12.3 Å². The first-order valence-electron chi connectivity index (χ1n) is 3.25. The summed E-state index contributed by atoms with van der Waals surface area (Å²) in [6.07, 6.45) is 4.41. The summed E-state index contributed by atoms with van der Waals surface area (Å²) < 4.78 is 0. The second-order valence-corrected chi connectivity index (χ2v) is 3.99. The van der Waals surface area contributed by atoms with Gasteiger partial charge in [0, 0.05) is 8.15 Å². The summed E-state index contributed by atoms with van der Waals surface area (Å²) in [4.78, 5) is 9.05. The van der Waals surface area contributed by atoms with Crippen molar-refractivity contribution in [2.45, 2.75) is 26.7 Å². The van der Waals surface area contributed by atoms with Crippen LogP contribution in [-0.2, 0) is 0 Å². The fourth-order valence-electron chi connectivity index (χ4n) is 0.499.